The van der Waals surface area contributed by atoms with Crippen molar-refractivity contribution < 1.29 is 4.79 Å². The fourth-order valence-electron chi connectivity index (χ4n) is 1.11. The number of carbonyl (C=O) groups is 1. The molecule has 1 unspecified atom stereocenters. The highest BCUT2D eigenvalue weighted by molar-refractivity contribution is 6.70. The third-order valence-electron chi connectivity index (χ3n) is 1.57. The van der Waals surface area contributed by atoms with Gasteiger partial charge in [0.15, 0.2) is 5.71 Å². The Morgan fingerprint density at radius 2 is 2.45 bits per heavy atom. The topological polar surface area (TPSA) is 53.8 Å². The van der Waals surface area contributed by atoms with Crippen molar-refractivity contribution >= 4 is 17.3 Å². The Labute approximate surface area is 63.7 Å². The molecular weight excluding hydrogens is 142 g/mol. The molecule has 0 aromatic rings. The molecule has 2 aliphatic heterocycles. The lowest BCUT2D eigenvalue weighted by atomic mass is 10.2. The van der Waals surface area contributed by atoms with Crippen LogP contribution in [0.2, 0.25) is 0 Å². The molecule has 0 aromatic carbocycles. The van der Waals surface area contributed by atoms with Gasteiger partial charge in [-0.25, -0.2) is 4.99 Å². The van der Waals surface area contributed by atoms with Crippen LogP contribution in [0.25, 0.3) is 0 Å². The van der Waals surface area contributed by atoms with Gasteiger partial charge >= 0.3 is 0 Å². The van der Waals surface area contributed by atoms with E-state index in [-0.39, 0.29) is 12.1 Å². The van der Waals surface area contributed by atoms with Gasteiger partial charge in [0, 0.05) is 6.20 Å². The van der Waals surface area contributed by atoms with E-state index in [1.165, 1.54) is 0 Å². The average Bonchev–Trinajstić information content (AvgIpc) is 2.34. The zero-order chi connectivity index (χ0) is 7.84. The largest absolute Gasteiger partial charge is 0.329 e. The molecular formula is C7H7N3O. The molecule has 4 heteroatoms. The third kappa shape index (κ3) is 0.869. The number of hydrogen-bond acceptors (Lipinski definition) is 3. The molecule has 0 spiro atoms. The Kier molecular flexibility index (Phi) is 1.15. The van der Waals surface area contributed by atoms with Crippen LogP contribution < -0.4 is 5.32 Å². The Morgan fingerprint density at radius 1 is 1.64 bits per heavy atom. The summed E-state index contributed by atoms with van der Waals surface area (Å²) < 4.78 is 0. The van der Waals surface area contributed by atoms with Gasteiger partial charge in [-0.05, 0) is 13.0 Å². The van der Waals surface area contributed by atoms with Crippen molar-refractivity contribution in [1.82, 2.24) is 5.32 Å². The van der Waals surface area contributed by atoms with Crippen molar-refractivity contribution in [2.45, 2.75) is 13.1 Å². The summed E-state index contributed by atoms with van der Waals surface area (Å²) in [5.74, 6) is -0.132. The van der Waals surface area contributed by atoms with Crippen molar-refractivity contribution in [3.63, 3.8) is 0 Å². The number of carbonyl (C=O) groups excluding carboxylic acids is 1. The number of aliphatic imine (C=N–C) groups is 2. The molecule has 2 heterocycles. The number of hydrogen-bond donors (Lipinski definition) is 1. The number of nitrogens with zero attached hydrogens (tertiary/aromatic N) is 2. The standard InChI is InChI=1S/C7H7N3O/c1-4-9-5-2-3-8-6(5)7(11)10-4/h2-4H,1H3,(H,10,11). The average molecular weight is 149 g/mol. The second kappa shape index (κ2) is 2.02. The lowest BCUT2D eigenvalue weighted by Gasteiger charge is -2.15. The van der Waals surface area contributed by atoms with Crippen LogP contribution in [0.1, 0.15) is 6.92 Å². The summed E-state index contributed by atoms with van der Waals surface area (Å²) in [4.78, 5) is 19.2. The van der Waals surface area contributed by atoms with Crippen molar-refractivity contribution in [2.24, 2.45) is 9.98 Å². The molecule has 0 bridgehead atoms. The Hall–Kier alpha value is -1.45. The first-order chi connectivity index (χ1) is 5.27. The third-order valence-corrected chi connectivity index (χ3v) is 1.57. The Bertz CT molecular complexity index is 301. The summed E-state index contributed by atoms with van der Waals surface area (Å²) >= 11 is 0. The molecule has 1 N–H and O–H groups in total. The molecule has 0 aliphatic carbocycles. The van der Waals surface area contributed by atoms with Crippen LogP contribution in [0.15, 0.2) is 22.3 Å². The molecule has 2 rings (SSSR count). The molecule has 4 nitrogen and oxygen atoms in total. The monoisotopic (exact) mass is 149 g/mol. The first kappa shape index (κ1) is 6.27. The predicted molar refractivity (Wildman–Crippen MR) is 41.6 cm³/mol. The van der Waals surface area contributed by atoms with Gasteiger partial charge in [0.2, 0.25) is 0 Å². The normalized spacial score (nSPS) is 27.4. The van der Waals surface area contributed by atoms with E-state index in [0.29, 0.717) is 11.4 Å². The minimum absolute atomic E-state index is 0.126. The summed E-state index contributed by atoms with van der Waals surface area (Å²) in [6.45, 7) is 1.83. The summed E-state index contributed by atoms with van der Waals surface area (Å²) in [5, 5.41) is 2.65. The maximum absolute atomic E-state index is 11.1. The zero-order valence-electron chi connectivity index (χ0n) is 6.03. The lowest BCUT2D eigenvalue weighted by Crippen LogP contribution is -2.44. The van der Waals surface area contributed by atoms with E-state index in [1.54, 1.807) is 12.3 Å². The van der Waals surface area contributed by atoms with Gasteiger partial charge in [-0.15, -0.1) is 0 Å². The summed E-state index contributed by atoms with van der Waals surface area (Å²) in [5.41, 5.74) is 1.13. The second-order valence-corrected chi connectivity index (χ2v) is 2.46. The minimum atomic E-state index is -0.132. The highest BCUT2D eigenvalue weighted by Gasteiger charge is 2.24. The van der Waals surface area contributed by atoms with Gasteiger partial charge in [0.05, 0.1) is 5.71 Å². The lowest BCUT2D eigenvalue weighted by molar-refractivity contribution is -0.115. The Morgan fingerprint density at radius 3 is 3.27 bits per heavy atom. The molecule has 0 fully saturated rings. The first-order valence-electron chi connectivity index (χ1n) is 3.41. The predicted octanol–water partition coefficient (Wildman–Crippen LogP) is -0.129. The van der Waals surface area contributed by atoms with Crippen LogP contribution in [0, 0.1) is 0 Å². The zero-order valence-corrected chi connectivity index (χ0v) is 6.03. The molecule has 1 amide bonds. The molecule has 0 saturated heterocycles. The van der Waals surface area contributed by atoms with Gasteiger partial charge < -0.3 is 5.32 Å². The highest BCUT2D eigenvalue weighted by Crippen LogP contribution is 2.05. The van der Waals surface area contributed by atoms with Gasteiger partial charge in [0.1, 0.15) is 6.17 Å². The number of rotatable bonds is 0. The second-order valence-electron chi connectivity index (χ2n) is 2.46. The maximum atomic E-state index is 11.1. The van der Waals surface area contributed by atoms with E-state index in [2.05, 4.69) is 15.3 Å². The fraction of sp³-hybridized carbons (Fsp3) is 0.286. The van der Waals surface area contributed by atoms with Gasteiger partial charge in [-0.2, -0.15) is 0 Å². The number of allylic oxidation sites excluding steroid dienone is 1. The van der Waals surface area contributed by atoms with Crippen molar-refractivity contribution in [3.05, 3.63) is 12.3 Å². The smallest absolute Gasteiger partial charge is 0.273 e. The van der Waals surface area contributed by atoms with Crippen LogP contribution in [0.4, 0.5) is 0 Å². The van der Waals surface area contributed by atoms with Crippen LogP contribution in [0.5, 0.6) is 0 Å². The van der Waals surface area contributed by atoms with Crippen LogP contribution in [-0.4, -0.2) is 23.5 Å². The van der Waals surface area contributed by atoms with Crippen LogP contribution >= 0.6 is 0 Å². The van der Waals surface area contributed by atoms with E-state index in [0.717, 1.165) is 0 Å². The Balaban J connectivity index is 2.45. The number of fused-ring (bicyclic) bond motifs is 1. The van der Waals surface area contributed by atoms with E-state index in [1.807, 2.05) is 6.92 Å². The quantitative estimate of drug-likeness (QED) is 0.512. The highest BCUT2D eigenvalue weighted by atomic mass is 16.2. The molecule has 11 heavy (non-hydrogen) atoms. The maximum Gasteiger partial charge on any atom is 0.273 e. The summed E-state index contributed by atoms with van der Waals surface area (Å²) in [6.07, 6.45) is 3.20. The molecule has 1 atom stereocenters. The summed E-state index contributed by atoms with van der Waals surface area (Å²) in [6, 6.07) is 0. The molecule has 2 aliphatic rings. The first-order valence-corrected chi connectivity index (χ1v) is 3.41. The van der Waals surface area contributed by atoms with Gasteiger partial charge in [0.25, 0.3) is 5.91 Å². The SMILES string of the molecule is CC1N=C2C=CN=C2C(=O)N1. The molecule has 0 aromatic heterocycles. The summed E-state index contributed by atoms with van der Waals surface area (Å²) in [7, 11) is 0. The van der Waals surface area contributed by atoms with E-state index in [9.17, 15) is 4.79 Å². The van der Waals surface area contributed by atoms with Crippen LogP contribution in [-0.2, 0) is 4.79 Å². The molecule has 56 valence electrons. The van der Waals surface area contributed by atoms with Gasteiger partial charge in [-0.3, -0.25) is 9.79 Å². The van der Waals surface area contributed by atoms with E-state index < -0.39 is 0 Å². The minimum Gasteiger partial charge on any atom is -0.329 e. The van der Waals surface area contributed by atoms with Crippen molar-refractivity contribution in [3.8, 4) is 0 Å². The van der Waals surface area contributed by atoms with Crippen molar-refractivity contribution in [1.29, 1.82) is 0 Å². The number of amides is 1. The molecule has 0 radical (unpaired) electrons. The van der Waals surface area contributed by atoms with E-state index in [4.69, 9.17) is 0 Å². The van der Waals surface area contributed by atoms with Gasteiger partial charge in [-0.1, -0.05) is 0 Å². The van der Waals surface area contributed by atoms with Crippen molar-refractivity contribution in [2.75, 3.05) is 0 Å². The fourth-order valence-corrected chi connectivity index (χ4v) is 1.11. The number of nitrogens with one attached hydrogen (secondary N) is 1. The molecule has 0 saturated carbocycles. The van der Waals surface area contributed by atoms with Crippen LogP contribution in [0.3, 0.4) is 0 Å². The van der Waals surface area contributed by atoms with E-state index >= 15 is 0 Å².